The Morgan fingerprint density at radius 3 is 1.33 bits per heavy atom. The summed E-state index contributed by atoms with van der Waals surface area (Å²) in [5.74, 6) is 5.98. The Morgan fingerprint density at radius 2 is 0.983 bits per heavy atom. The summed E-state index contributed by atoms with van der Waals surface area (Å²) in [6.45, 7) is 2.36. The van der Waals surface area contributed by atoms with Gasteiger partial charge < -0.3 is 54.2 Å². The van der Waals surface area contributed by atoms with Gasteiger partial charge in [0.2, 0.25) is 17.7 Å². The molecule has 0 spiro atoms. The van der Waals surface area contributed by atoms with Crippen LogP contribution in [0.15, 0.2) is 24.3 Å². The Hall–Kier alpha value is -4.08. The quantitative estimate of drug-likeness (QED) is 0.0442. The van der Waals surface area contributed by atoms with Crippen LogP contribution >= 0.6 is 18.0 Å². The number of nitrogens with one attached hydrogen (secondary N) is 4. The van der Waals surface area contributed by atoms with Gasteiger partial charge in [-0.25, -0.2) is 0 Å². The smallest absolute Gasteiger partial charge is 0.300 e. The van der Waals surface area contributed by atoms with Crippen LogP contribution in [0.2, 0.25) is 0 Å². The van der Waals surface area contributed by atoms with Crippen LogP contribution in [-0.2, 0) is 47.4 Å². The van der Waals surface area contributed by atoms with Gasteiger partial charge in [0.05, 0.1) is 59.5 Å². The fourth-order valence-corrected chi connectivity index (χ4v) is 6.00. The number of carbonyl (C=O) groups excluding carboxylic acids is 4. The molecule has 1 rings (SSSR count). The number of rotatable bonds is 35. The average molecular weight is 851 g/mol. The highest BCUT2D eigenvalue weighted by Crippen LogP contribution is 2.54. The van der Waals surface area contributed by atoms with E-state index in [0.29, 0.717) is 45.4 Å². The van der Waals surface area contributed by atoms with Crippen molar-refractivity contribution in [2.24, 2.45) is 0 Å². The van der Waals surface area contributed by atoms with E-state index < -0.39 is 18.0 Å². The molecular formula is C40H59N4O12PS. The van der Waals surface area contributed by atoms with Crippen LogP contribution in [0.1, 0.15) is 48.9 Å². The fraction of sp³-hybridized carbons (Fsp3) is 0.600. The van der Waals surface area contributed by atoms with E-state index in [0.717, 1.165) is 11.4 Å². The number of hydrogen-bond donors (Lipinski definition) is 4. The van der Waals surface area contributed by atoms with Crippen LogP contribution in [0.25, 0.3) is 0 Å². The van der Waals surface area contributed by atoms with Crippen LogP contribution in [0, 0.1) is 37.0 Å². The monoisotopic (exact) mass is 850 g/mol. The number of ether oxygens (including phenoxy) is 6. The highest BCUT2D eigenvalue weighted by atomic mass is 32.7. The Labute approximate surface area is 347 Å². The standard InChI is InChI=1S/C40H59N4O12PS/c1-6-22-50-28-31-53-25-19-41-36(45)13-16-40(17-14-37(46)42-20-26-54-32-29-51-23-7-2,18-15-38(47)43-21-27-55-33-30-52-24-8-3)44-39(48)34-9-11-35(12-10-34)56-57(4,49)58-5/h1-3,9-12H,13-33H2,4-5H3,(H,41,45)(H,42,46)(H,43,47)(H,44,48). The molecule has 0 aromatic heterocycles. The lowest BCUT2D eigenvalue weighted by molar-refractivity contribution is -0.121. The molecule has 1 aromatic rings. The second kappa shape index (κ2) is 32.8. The van der Waals surface area contributed by atoms with Crippen molar-refractivity contribution in [2.45, 2.75) is 44.1 Å². The molecule has 322 valence electrons. The maximum atomic E-state index is 13.8. The summed E-state index contributed by atoms with van der Waals surface area (Å²) >= 11 is 1.10. The first-order valence-corrected chi connectivity index (χ1v) is 22.7. The number of carbonyl (C=O) groups is 4. The van der Waals surface area contributed by atoms with Crippen molar-refractivity contribution in [3.8, 4) is 42.8 Å². The average Bonchev–Trinajstić information content (AvgIpc) is 3.21. The lowest BCUT2D eigenvalue weighted by atomic mass is 9.82. The summed E-state index contributed by atoms with van der Waals surface area (Å²) in [7, 11) is 0. The van der Waals surface area contributed by atoms with E-state index in [1.54, 1.807) is 6.26 Å². The lowest BCUT2D eigenvalue weighted by Crippen LogP contribution is -2.50. The zero-order valence-corrected chi connectivity index (χ0v) is 35.4. The number of hydrogen-bond acceptors (Lipinski definition) is 13. The van der Waals surface area contributed by atoms with E-state index in [-0.39, 0.29) is 121 Å². The maximum Gasteiger partial charge on any atom is 0.300 e. The minimum atomic E-state index is -2.94. The normalized spacial score (nSPS) is 11.9. The van der Waals surface area contributed by atoms with Crippen molar-refractivity contribution in [2.75, 3.05) is 112 Å². The Morgan fingerprint density at radius 1 is 0.621 bits per heavy atom. The van der Waals surface area contributed by atoms with Gasteiger partial charge in [-0.1, -0.05) is 29.1 Å². The Bertz CT molecular complexity index is 1420. The Kier molecular flexibility index (Phi) is 29.4. The third-order valence-electron chi connectivity index (χ3n) is 7.97. The molecule has 0 bridgehead atoms. The molecule has 1 aromatic carbocycles. The SMILES string of the molecule is C#CCOCCOCCNC(=O)CCC(CCC(=O)NCCOCCOCC#C)(CCC(=O)NCCOCCOCC#C)NC(=O)c1ccc(OP(C)(=O)SC)cc1. The summed E-state index contributed by atoms with van der Waals surface area (Å²) < 4.78 is 50.0. The van der Waals surface area contributed by atoms with E-state index in [9.17, 15) is 23.7 Å². The molecule has 0 aliphatic rings. The highest BCUT2D eigenvalue weighted by molar-refractivity contribution is 8.56. The molecular weight excluding hydrogens is 791 g/mol. The molecule has 1 unspecified atom stereocenters. The van der Waals surface area contributed by atoms with Gasteiger partial charge in [-0.15, -0.1) is 19.3 Å². The molecule has 58 heavy (non-hydrogen) atoms. The molecule has 0 saturated heterocycles. The fourth-order valence-electron chi connectivity index (χ4n) is 4.94. The molecule has 4 amide bonds. The molecule has 0 aliphatic carbocycles. The second-order valence-corrected chi connectivity index (χ2v) is 17.6. The van der Waals surface area contributed by atoms with Gasteiger partial charge in [-0.05, 0) is 49.8 Å². The van der Waals surface area contributed by atoms with Crippen LogP contribution in [0.3, 0.4) is 0 Å². The summed E-state index contributed by atoms with van der Waals surface area (Å²) in [6.07, 6.45) is 17.4. The van der Waals surface area contributed by atoms with Crippen LogP contribution in [0.4, 0.5) is 0 Å². The molecule has 4 N–H and O–H groups in total. The molecule has 0 aliphatic heterocycles. The van der Waals surface area contributed by atoms with Crippen molar-refractivity contribution in [3.63, 3.8) is 0 Å². The first-order valence-electron chi connectivity index (χ1n) is 18.8. The molecule has 0 fully saturated rings. The zero-order chi connectivity index (χ0) is 42.7. The number of amides is 4. The van der Waals surface area contributed by atoms with E-state index in [1.807, 2.05) is 0 Å². The highest BCUT2D eigenvalue weighted by Gasteiger charge is 2.34. The minimum Gasteiger partial charge on any atom is -0.436 e. The van der Waals surface area contributed by atoms with Gasteiger partial charge in [0, 0.05) is 56.7 Å². The molecule has 1 atom stereocenters. The van der Waals surface area contributed by atoms with E-state index >= 15 is 0 Å². The predicted molar refractivity (Wildman–Crippen MR) is 222 cm³/mol. The van der Waals surface area contributed by atoms with E-state index in [2.05, 4.69) is 39.0 Å². The summed E-state index contributed by atoms with van der Waals surface area (Å²) in [4.78, 5) is 53.0. The van der Waals surface area contributed by atoms with Gasteiger partial charge >= 0.3 is 0 Å². The first-order chi connectivity index (χ1) is 28.0. The summed E-state index contributed by atoms with van der Waals surface area (Å²) in [6, 6.07) is 6.11. The first kappa shape index (κ1) is 51.9. The van der Waals surface area contributed by atoms with Crippen LogP contribution < -0.4 is 25.8 Å². The van der Waals surface area contributed by atoms with Crippen LogP contribution in [-0.4, -0.2) is 141 Å². The van der Waals surface area contributed by atoms with Crippen molar-refractivity contribution < 1.29 is 56.7 Å². The largest absolute Gasteiger partial charge is 0.436 e. The third kappa shape index (κ3) is 26.8. The minimum absolute atomic E-state index is 0.0345. The summed E-state index contributed by atoms with van der Waals surface area (Å²) in [5.41, 5.74) is -0.933. The van der Waals surface area contributed by atoms with E-state index in [1.165, 1.54) is 30.9 Å². The van der Waals surface area contributed by atoms with Gasteiger partial charge in [-0.2, -0.15) is 0 Å². The second-order valence-electron chi connectivity index (χ2n) is 12.5. The predicted octanol–water partition coefficient (Wildman–Crippen LogP) is 2.41. The van der Waals surface area contributed by atoms with E-state index in [4.69, 9.17) is 52.2 Å². The van der Waals surface area contributed by atoms with Gasteiger partial charge in [-0.3, -0.25) is 23.7 Å². The zero-order valence-electron chi connectivity index (χ0n) is 33.6. The number of terminal acetylenes is 3. The topological polar surface area (TPSA) is 198 Å². The maximum absolute atomic E-state index is 13.8. The van der Waals surface area contributed by atoms with Crippen molar-refractivity contribution >= 4 is 41.6 Å². The van der Waals surface area contributed by atoms with Crippen molar-refractivity contribution in [3.05, 3.63) is 29.8 Å². The molecule has 0 saturated carbocycles. The number of benzene rings is 1. The van der Waals surface area contributed by atoms with Gasteiger partial charge in [0.15, 0.2) is 0 Å². The van der Waals surface area contributed by atoms with Gasteiger partial charge in [0.1, 0.15) is 25.6 Å². The molecule has 18 heteroatoms. The Balaban J connectivity index is 3.11. The van der Waals surface area contributed by atoms with Crippen LogP contribution in [0.5, 0.6) is 5.75 Å². The molecule has 0 radical (unpaired) electrons. The van der Waals surface area contributed by atoms with Crippen molar-refractivity contribution in [1.82, 2.24) is 21.3 Å². The lowest BCUT2D eigenvalue weighted by Gasteiger charge is -2.35. The van der Waals surface area contributed by atoms with Crippen molar-refractivity contribution in [1.29, 1.82) is 0 Å². The molecule has 16 nitrogen and oxygen atoms in total. The summed E-state index contributed by atoms with van der Waals surface area (Å²) in [5, 5.41) is 11.5. The molecule has 0 heterocycles. The third-order valence-corrected chi connectivity index (χ3v) is 11.4. The van der Waals surface area contributed by atoms with Gasteiger partial charge in [0.25, 0.3) is 12.5 Å².